The number of hydrogen-bond acceptors (Lipinski definition) is 2. The molecular weight excluding hydrogens is 272 g/mol. The molecule has 3 aliphatic rings. The van der Waals surface area contributed by atoms with E-state index in [0.29, 0.717) is 28.9 Å². The maximum absolute atomic E-state index is 11.6. The first-order valence-corrected chi connectivity index (χ1v) is 8.57. The van der Waals surface area contributed by atoms with Crippen molar-refractivity contribution in [3.05, 3.63) is 35.5 Å². The lowest BCUT2D eigenvalue weighted by molar-refractivity contribution is -0.135. The van der Waals surface area contributed by atoms with Gasteiger partial charge in [0.25, 0.3) is 0 Å². The van der Waals surface area contributed by atoms with Crippen LogP contribution in [-0.4, -0.2) is 12.6 Å². The summed E-state index contributed by atoms with van der Waals surface area (Å²) >= 11 is 0. The molecule has 0 radical (unpaired) electrons. The molecule has 0 aromatic heterocycles. The maximum atomic E-state index is 11.6. The number of fused-ring (bicyclic) bond motifs is 1. The molecule has 2 nitrogen and oxygen atoms in total. The van der Waals surface area contributed by atoms with E-state index in [1.807, 2.05) is 12.2 Å². The van der Waals surface area contributed by atoms with Gasteiger partial charge in [0.2, 0.25) is 0 Å². The number of hydrogen-bond donors (Lipinski definition) is 0. The van der Waals surface area contributed by atoms with Crippen molar-refractivity contribution in [3.8, 4) is 0 Å². The fourth-order valence-corrected chi connectivity index (χ4v) is 5.16. The van der Waals surface area contributed by atoms with Gasteiger partial charge in [0.1, 0.15) is 6.61 Å². The number of ether oxygens (including phenoxy) is 1. The Bertz CT molecular complexity index is 564. The lowest BCUT2D eigenvalue weighted by atomic mass is 9.48. The molecule has 1 aliphatic heterocycles. The zero-order chi connectivity index (χ0) is 16.0. The third-order valence-electron chi connectivity index (χ3n) is 6.37. The highest BCUT2D eigenvalue weighted by Crippen LogP contribution is 2.59. The Morgan fingerprint density at radius 2 is 2.00 bits per heavy atom. The van der Waals surface area contributed by atoms with E-state index in [2.05, 4.69) is 39.8 Å². The van der Waals surface area contributed by atoms with Gasteiger partial charge in [0.05, 0.1) is 5.57 Å². The molecule has 0 bridgehead atoms. The molecule has 0 amide bonds. The average Bonchev–Trinajstić information content (AvgIpc) is 2.82. The summed E-state index contributed by atoms with van der Waals surface area (Å²) in [7, 11) is 0. The van der Waals surface area contributed by atoms with Crippen molar-refractivity contribution in [2.75, 3.05) is 6.61 Å². The Labute approximate surface area is 134 Å². The third kappa shape index (κ3) is 2.47. The minimum atomic E-state index is -0.181. The quantitative estimate of drug-likeness (QED) is 0.539. The largest absolute Gasteiger partial charge is 0.458 e. The molecule has 3 atom stereocenters. The van der Waals surface area contributed by atoms with Crippen LogP contribution in [0.4, 0.5) is 0 Å². The van der Waals surface area contributed by atoms with Crippen LogP contribution >= 0.6 is 0 Å². The standard InChI is InChI=1S/C20H28O2/c1-14-6-9-17-19(2,3)11-5-12-20(17,4)16(14)8-7-15-10-13-22-18(15)21/h6-8,10,16-17H,5,9,11-13H2,1-4H3/b8-7+/t16-,17-,20+/m0/s1. The smallest absolute Gasteiger partial charge is 0.338 e. The molecule has 1 saturated carbocycles. The van der Waals surface area contributed by atoms with Crippen molar-refractivity contribution >= 4 is 5.97 Å². The van der Waals surface area contributed by atoms with E-state index in [1.165, 1.54) is 31.3 Å². The molecule has 2 aliphatic carbocycles. The van der Waals surface area contributed by atoms with Crippen LogP contribution < -0.4 is 0 Å². The Morgan fingerprint density at radius 1 is 1.23 bits per heavy atom. The van der Waals surface area contributed by atoms with E-state index in [0.717, 1.165) is 5.92 Å². The summed E-state index contributed by atoms with van der Waals surface area (Å²) in [5.41, 5.74) is 2.88. The van der Waals surface area contributed by atoms with Crippen LogP contribution in [0.3, 0.4) is 0 Å². The SMILES string of the molecule is CC1=CC[C@H]2C(C)(C)CCC[C@]2(C)[C@H]1/C=C/C1=CCOC1=O. The molecule has 0 aromatic carbocycles. The van der Waals surface area contributed by atoms with Gasteiger partial charge in [-0.1, -0.05) is 51.0 Å². The molecule has 0 saturated heterocycles. The van der Waals surface area contributed by atoms with Crippen LogP contribution in [0.5, 0.6) is 0 Å². The molecule has 1 heterocycles. The lowest BCUT2D eigenvalue weighted by Gasteiger charge is -2.56. The van der Waals surface area contributed by atoms with E-state index in [9.17, 15) is 4.79 Å². The number of carbonyl (C=O) groups excluding carboxylic acids is 1. The Balaban J connectivity index is 1.91. The molecule has 0 spiro atoms. The highest BCUT2D eigenvalue weighted by Gasteiger charge is 2.51. The van der Waals surface area contributed by atoms with Crippen LogP contribution in [0.15, 0.2) is 35.5 Å². The van der Waals surface area contributed by atoms with Crippen LogP contribution in [-0.2, 0) is 9.53 Å². The molecule has 1 fully saturated rings. The van der Waals surface area contributed by atoms with Gasteiger partial charge in [-0.2, -0.15) is 0 Å². The highest BCUT2D eigenvalue weighted by molar-refractivity contribution is 5.93. The van der Waals surface area contributed by atoms with Crippen molar-refractivity contribution in [3.63, 3.8) is 0 Å². The second-order valence-electron chi connectivity index (χ2n) is 8.18. The molecule has 0 aromatic rings. The predicted octanol–water partition coefficient (Wildman–Crippen LogP) is 4.82. The molecule has 3 rings (SSSR count). The lowest BCUT2D eigenvalue weighted by Crippen LogP contribution is -2.47. The second kappa shape index (κ2) is 5.40. The van der Waals surface area contributed by atoms with Gasteiger partial charge in [0.15, 0.2) is 0 Å². The number of rotatable bonds is 2. The van der Waals surface area contributed by atoms with Gasteiger partial charge < -0.3 is 4.74 Å². The number of cyclic esters (lactones) is 1. The van der Waals surface area contributed by atoms with Gasteiger partial charge in [-0.05, 0) is 49.0 Å². The molecule has 2 heteroatoms. The maximum Gasteiger partial charge on any atom is 0.338 e. The van der Waals surface area contributed by atoms with Crippen molar-refractivity contribution in [1.82, 2.24) is 0 Å². The first-order chi connectivity index (χ1) is 10.3. The Kier molecular flexibility index (Phi) is 3.82. The fourth-order valence-electron chi connectivity index (χ4n) is 5.16. The van der Waals surface area contributed by atoms with Crippen LogP contribution in [0.25, 0.3) is 0 Å². The zero-order valence-electron chi connectivity index (χ0n) is 14.3. The van der Waals surface area contributed by atoms with Crippen molar-refractivity contribution in [2.24, 2.45) is 22.7 Å². The van der Waals surface area contributed by atoms with Crippen LogP contribution in [0, 0.1) is 22.7 Å². The highest BCUT2D eigenvalue weighted by atomic mass is 16.5. The zero-order valence-corrected chi connectivity index (χ0v) is 14.3. The first-order valence-electron chi connectivity index (χ1n) is 8.57. The number of carbonyl (C=O) groups is 1. The monoisotopic (exact) mass is 300 g/mol. The van der Waals surface area contributed by atoms with Gasteiger partial charge >= 0.3 is 5.97 Å². The van der Waals surface area contributed by atoms with Crippen LogP contribution in [0.1, 0.15) is 53.4 Å². The normalized spacial score (nSPS) is 37.5. The second-order valence-corrected chi connectivity index (χ2v) is 8.18. The van der Waals surface area contributed by atoms with Crippen LogP contribution in [0.2, 0.25) is 0 Å². The minimum absolute atomic E-state index is 0.181. The van der Waals surface area contributed by atoms with E-state index >= 15 is 0 Å². The van der Waals surface area contributed by atoms with E-state index in [4.69, 9.17) is 4.74 Å². The Morgan fingerprint density at radius 3 is 2.68 bits per heavy atom. The number of allylic oxidation sites excluding steroid dienone is 3. The summed E-state index contributed by atoms with van der Waals surface area (Å²) in [6.07, 6.45) is 13.7. The average molecular weight is 300 g/mol. The first kappa shape index (κ1) is 15.6. The van der Waals surface area contributed by atoms with Gasteiger partial charge in [0, 0.05) is 5.92 Å². The summed E-state index contributed by atoms with van der Waals surface area (Å²) in [5.74, 6) is 0.969. The van der Waals surface area contributed by atoms with E-state index in [-0.39, 0.29) is 5.97 Å². The van der Waals surface area contributed by atoms with E-state index in [1.54, 1.807) is 0 Å². The van der Waals surface area contributed by atoms with E-state index < -0.39 is 0 Å². The molecule has 0 unspecified atom stereocenters. The summed E-state index contributed by atoms with van der Waals surface area (Å²) in [6.45, 7) is 10.00. The van der Waals surface area contributed by atoms with Crippen molar-refractivity contribution in [2.45, 2.75) is 53.4 Å². The molecule has 22 heavy (non-hydrogen) atoms. The molecule has 0 N–H and O–H groups in total. The van der Waals surface area contributed by atoms with Gasteiger partial charge in [-0.15, -0.1) is 0 Å². The number of esters is 1. The third-order valence-corrected chi connectivity index (χ3v) is 6.37. The van der Waals surface area contributed by atoms with Crippen molar-refractivity contribution < 1.29 is 9.53 Å². The fraction of sp³-hybridized carbons (Fsp3) is 0.650. The van der Waals surface area contributed by atoms with Gasteiger partial charge in [-0.25, -0.2) is 4.79 Å². The summed E-state index contributed by atoms with van der Waals surface area (Å²) in [6, 6.07) is 0. The summed E-state index contributed by atoms with van der Waals surface area (Å²) < 4.78 is 5.00. The summed E-state index contributed by atoms with van der Waals surface area (Å²) in [5, 5.41) is 0. The minimum Gasteiger partial charge on any atom is -0.458 e. The molecular formula is C20H28O2. The van der Waals surface area contributed by atoms with Gasteiger partial charge in [-0.3, -0.25) is 0 Å². The topological polar surface area (TPSA) is 26.3 Å². The van der Waals surface area contributed by atoms with Crippen molar-refractivity contribution in [1.29, 1.82) is 0 Å². The predicted molar refractivity (Wildman–Crippen MR) is 89.3 cm³/mol. The molecule has 120 valence electrons. The summed E-state index contributed by atoms with van der Waals surface area (Å²) in [4.78, 5) is 11.6. The Hall–Kier alpha value is -1.31.